The summed E-state index contributed by atoms with van der Waals surface area (Å²) in [5.74, 6) is -0.353. The molecule has 7 heteroatoms. The van der Waals surface area contributed by atoms with Gasteiger partial charge in [0.2, 0.25) is 0 Å². The minimum atomic E-state index is -4.40. The summed E-state index contributed by atoms with van der Waals surface area (Å²) in [7, 11) is 0. The molecule has 1 aromatic rings. The predicted molar refractivity (Wildman–Crippen MR) is 84.6 cm³/mol. The number of hydrogen-bond donors (Lipinski definition) is 1. The lowest BCUT2D eigenvalue weighted by molar-refractivity contribution is -0.137. The summed E-state index contributed by atoms with van der Waals surface area (Å²) in [6.07, 6.45) is -4.36. The Balaban J connectivity index is 2.19. The fourth-order valence-corrected chi connectivity index (χ4v) is 2.76. The van der Waals surface area contributed by atoms with Gasteiger partial charge in [0, 0.05) is 25.0 Å². The van der Waals surface area contributed by atoms with Crippen molar-refractivity contribution in [3.8, 4) is 0 Å². The SMILES string of the molecule is CC(C)(C)OC(=O)N1CC[C@H](N)[C@@H](c2cccc(C(F)(F)F)c2)C1. The molecule has 4 nitrogen and oxygen atoms in total. The van der Waals surface area contributed by atoms with Crippen molar-refractivity contribution < 1.29 is 22.7 Å². The molecule has 0 spiro atoms. The highest BCUT2D eigenvalue weighted by atomic mass is 19.4. The third kappa shape index (κ3) is 4.63. The van der Waals surface area contributed by atoms with Gasteiger partial charge in [0.05, 0.1) is 5.56 Å². The van der Waals surface area contributed by atoms with E-state index in [1.807, 2.05) is 0 Å². The monoisotopic (exact) mass is 344 g/mol. The number of nitrogens with two attached hydrogens (primary N) is 1. The number of likely N-dealkylation sites (tertiary alicyclic amines) is 1. The largest absolute Gasteiger partial charge is 0.444 e. The molecule has 1 aromatic carbocycles. The Labute approximate surface area is 139 Å². The van der Waals surface area contributed by atoms with E-state index < -0.39 is 23.4 Å². The first-order valence-electron chi connectivity index (χ1n) is 7.88. The van der Waals surface area contributed by atoms with Gasteiger partial charge in [-0.05, 0) is 38.8 Å². The van der Waals surface area contributed by atoms with Gasteiger partial charge in [-0.3, -0.25) is 0 Å². The number of carbonyl (C=O) groups excluding carboxylic acids is 1. The molecule has 2 atom stereocenters. The van der Waals surface area contributed by atoms with E-state index in [4.69, 9.17) is 10.5 Å². The van der Waals surface area contributed by atoms with E-state index in [-0.39, 0.29) is 18.5 Å². The Kier molecular flexibility index (Phi) is 5.13. The molecule has 0 saturated carbocycles. The van der Waals surface area contributed by atoms with Crippen LogP contribution in [0.15, 0.2) is 24.3 Å². The maximum absolute atomic E-state index is 12.9. The molecule has 1 saturated heterocycles. The molecule has 0 radical (unpaired) electrons. The first kappa shape index (κ1) is 18.6. The Bertz CT molecular complexity index is 596. The molecule has 1 fully saturated rings. The second kappa shape index (κ2) is 6.63. The molecule has 0 aliphatic carbocycles. The molecular weight excluding hydrogens is 321 g/mol. The standard InChI is InChI=1S/C17H23F3N2O2/c1-16(2,3)24-15(23)22-8-7-14(21)13(10-22)11-5-4-6-12(9-11)17(18,19)20/h4-6,9,13-14H,7-8,10,21H2,1-3H3/t13-,14+/m1/s1. The average Bonchev–Trinajstić information content (AvgIpc) is 2.45. The number of rotatable bonds is 1. The minimum absolute atomic E-state index is 0.247. The second-order valence-corrected chi connectivity index (χ2v) is 7.11. The first-order valence-corrected chi connectivity index (χ1v) is 7.88. The topological polar surface area (TPSA) is 55.6 Å². The van der Waals surface area contributed by atoms with Gasteiger partial charge in [-0.2, -0.15) is 13.2 Å². The lowest BCUT2D eigenvalue weighted by Gasteiger charge is -2.38. The van der Waals surface area contributed by atoms with Crippen LogP contribution in [0.1, 0.15) is 44.2 Å². The number of nitrogens with zero attached hydrogens (tertiary/aromatic N) is 1. The summed E-state index contributed by atoms with van der Waals surface area (Å²) in [5.41, 5.74) is 5.26. The fraction of sp³-hybridized carbons (Fsp3) is 0.588. The molecule has 1 amide bonds. The molecule has 2 rings (SSSR count). The van der Waals surface area contributed by atoms with Crippen molar-refractivity contribution in [3.05, 3.63) is 35.4 Å². The summed E-state index contributed by atoms with van der Waals surface area (Å²) in [4.78, 5) is 13.7. The summed E-state index contributed by atoms with van der Waals surface area (Å²) in [5, 5.41) is 0. The normalized spacial score (nSPS) is 22.4. The number of ether oxygens (including phenoxy) is 1. The summed E-state index contributed by atoms with van der Waals surface area (Å²) >= 11 is 0. The summed E-state index contributed by atoms with van der Waals surface area (Å²) in [6.45, 7) is 5.99. The van der Waals surface area contributed by atoms with Crippen LogP contribution >= 0.6 is 0 Å². The molecule has 1 aliphatic heterocycles. The quantitative estimate of drug-likeness (QED) is 0.844. The number of benzene rings is 1. The van der Waals surface area contributed by atoms with Crippen LogP contribution in [0.4, 0.5) is 18.0 Å². The van der Waals surface area contributed by atoms with E-state index in [9.17, 15) is 18.0 Å². The van der Waals surface area contributed by atoms with Crippen LogP contribution in [-0.2, 0) is 10.9 Å². The van der Waals surface area contributed by atoms with Crippen LogP contribution in [0.25, 0.3) is 0 Å². The van der Waals surface area contributed by atoms with Gasteiger partial charge in [-0.15, -0.1) is 0 Å². The van der Waals surface area contributed by atoms with Crippen molar-refractivity contribution in [1.29, 1.82) is 0 Å². The zero-order chi connectivity index (χ0) is 18.1. The molecule has 1 heterocycles. The Morgan fingerprint density at radius 2 is 1.96 bits per heavy atom. The third-order valence-corrected chi connectivity index (χ3v) is 3.96. The van der Waals surface area contributed by atoms with E-state index in [0.29, 0.717) is 18.5 Å². The minimum Gasteiger partial charge on any atom is -0.444 e. The first-order chi connectivity index (χ1) is 11.0. The highest BCUT2D eigenvalue weighted by Gasteiger charge is 2.35. The molecule has 0 aromatic heterocycles. The van der Waals surface area contributed by atoms with E-state index in [1.165, 1.54) is 11.0 Å². The van der Waals surface area contributed by atoms with Crippen LogP contribution < -0.4 is 5.73 Å². The van der Waals surface area contributed by atoms with E-state index in [2.05, 4.69) is 0 Å². The number of piperidine rings is 1. The zero-order valence-corrected chi connectivity index (χ0v) is 14.1. The van der Waals surface area contributed by atoms with Crippen molar-refractivity contribution in [2.24, 2.45) is 5.73 Å². The van der Waals surface area contributed by atoms with Gasteiger partial charge >= 0.3 is 12.3 Å². The third-order valence-electron chi connectivity index (χ3n) is 3.96. The van der Waals surface area contributed by atoms with Crippen molar-refractivity contribution >= 4 is 6.09 Å². The lowest BCUT2D eigenvalue weighted by Crippen LogP contribution is -2.49. The number of carbonyl (C=O) groups is 1. The Hall–Kier alpha value is -1.76. The average molecular weight is 344 g/mol. The molecule has 1 aliphatic rings. The number of alkyl halides is 3. The van der Waals surface area contributed by atoms with Gasteiger partial charge in [0.1, 0.15) is 5.60 Å². The van der Waals surface area contributed by atoms with Gasteiger partial charge in [-0.1, -0.05) is 18.2 Å². The highest BCUT2D eigenvalue weighted by molar-refractivity contribution is 5.68. The maximum atomic E-state index is 12.9. The van der Waals surface area contributed by atoms with Gasteiger partial charge < -0.3 is 15.4 Å². The van der Waals surface area contributed by atoms with Gasteiger partial charge in [0.25, 0.3) is 0 Å². The fourth-order valence-electron chi connectivity index (χ4n) is 2.76. The molecule has 0 unspecified atom stereocenters. The van der Waals surface area contributed by atoms with Crippen molar-refractivity contribution in [2.75, 3.05) is 13.1 Å². The summed E-state index contributed by atoms with van der Waals surface area (Å²) in [6, 6.07) is 4.84. The Morgan fingerprint density at radius 1 is 1.29 bits per heavy atom. The number of halogens is 3. The van der Waals surface area contributed by atoms with E-state index in [0.717, 1.165) is 12.1 Å². The molecule has 0 bridgehead atoms. The van der Waals surface area contributed by atoms with Crippen LogP contribution in [0.2, 0.25) is 0 Å². The van der Waals surface area contributed by atoms with Crippen LogP contribution in [0, 0.1) is 0 Å². The number of hydrogen-bond acceptors (Lipinski definition) is 3. The van der Waals surface area contributed by atoms with Gasteiger partial charge in [-0.25, -0.2) is 4.79 Å². The van der Waals surface area contributed by atoms with Crippen LogP contribution in [0.5, 0.6) is 0 Å². The predicted octanol–water partition coefficient (Wildman–Crippen LogP) is 3.76. The maximum Gasteiger partial charge on any atom is 0.416 e. The highest BCUT2D eigenvalue weighted by Crippen LogP contribution is 2.33. The lowest BCUT2D eigenvalue weighted by atomic mass is 9.86. The number of amides is 1. The smallest absolute Gasteiger partial charge is 0.416 e. The zero-order valence-electron chi connectivity index (χ0n) is 14.1. The van der Waals surface area contributed by atoms with E-state index >= 15 is 0 Å². The molecule has 2 N–H and O–H groups in total. The second-order valence-electron chi connectivity index (χ2n) is 7.11. The Morgan fingerprint density at radius 3 is 2.54 bits per heavy atom. The summed E-state index contributed by atoms with van der Waals surface area (Å²) < 4.78 is 44.1. The van der Waals surface area contributed by atoms with Gasteiger partial charge in [0.15, 0.2) is 0 Å². The van der Waals surface area contributed by atoms with Crippen LogP contribution in [-0.4, -0.2) is 35.7 Å². The molecule has 134 valence electrons. The van der Waals surface area contributed by atoms with Crippen LogP contribution in [0.3, 0.4) is 0 Å². The van der Waals surface area contributed by atoms with Crippen molar-refractivity contribution in [1.82, 2.24) is 4.90 Å². The molecule has 24 heavy (non-hydrogen) atoms. The van der Waals surface area contributed by atoms with Crippen molar-refractivity contribution in [3.63, 3.8) is 0 Å². The molecular formula is C17H23F3N2O2. The van der Waals surface area contributed by atoms with E-state index in [1.54, 1.807) is 26.8 Å². The van der Waals surface area contributed by atoms with Crippen molar-refractivity contribution in [2.45, 2.75) is 50.9 Å².